The summed E-state index contributed by atoms with van der Waals surface area (Å²) < 4.78 is 10.9. The Morgan fingerprint density at radius 2 is 1.94 bits per heavy atom. The number of carboxylic acid groups (broad SMARTS) is 1. The van der Waals surface area contributed by atoms with E-state index in [-0.39, 0.29) is 23.5 Å². The van der Waals surface area contributed by atoms with Crippen molar-refractivity contribution in [2.24, 2.45) is 5.92 Å². The number of hydrogen-bond acceptors (Lipinski definition) is 7. The first-order valence-electron chi connectivity index (χ1n) is 11.8. The van der Waals surface area contributed by atoms with E-state index in [4.69, 9.17) is 9.47 Å². The van der Waals surface area contributed by atoms with Gasteiger partial charge in [-0.15, -0.1) is 0 Å². The van der Waals surface area contributed by atoms with Crippen LogP contribution in [0.5, 0.6) is 5.75 Å². The van der Waals surface area contributed by atoms with Gasteiger partial charge in [-0.2, -0.15) is 0 Å². The summed E-state index contributed by atoms with van der Waals surface area (Å²) in [5.74, 6) is 0.124. The van der Waals surface area contributed by atoms with Crippen molar-refractivity contribution in [1.82, 2.24) is 9.97 Å². The molecule has 2 N–H and O–H groups in total. The van der Waals surface area contributed by atoms with Gasteiger partial charge in [0.2, 0.25) is 5.95 Å². The number of nitrogens with one attached hydrogen (secondary N) is 1. The molecule has 8 nitrogen and oxygen atoms in total. The highest BCUT2D eigenvalue weighted by molar-refractivity contribution is 5.92. The Bertz CT molecular complexity index is 1250. The highest BCUT2D eigenvalue weighted by Crippen LogP contribution is 2.34. The smallest absolute Gasteiger partial charge is 0.335 e. The molecule has 1 fully saturated rings. The SMILES string of the molecule is COc1ccc(C(=O)O)cc1-c1ccc2nc(N[C@@H]3CCC[C@@H]3CC(=O)OC(C)(C)C)ncc2c1. The van der Waals surface area contributed by atoms with E-state index in [0.29, 0.717) is 23.7 Å². The van der Waals surface area contributed by atoms with Gasteiger partial charge in [-0.1, -0.05) is 12.5 Å². The van der Waals surface area contributed by atoms with E-state index in [1.165, 1.54) is 6.07 Å². The molecular formula is C27H31N3O5. The number of aromatic nitrogens is 2. The van der Waals surface area contributed by atoms with Crippen LogP contribution < -0.4 is 10.1 Å². The summed E-state index contributed by atoms with van der Waals surface area (Å²) in [4.78, 5) is 32.9. The molecule has 1 aliphatic rings. The number of carboxylic acids is 1. The first kappa shape index (κ1) is 24.4. The molecule has 2 atom stereocenters. The van der Waals surface area contributed by atoms with Gasteiger partial charge in [0.1, 0.15) is 11.4 Å². The molecule has 1 aromatic heterocycles. The zero-order valence-corrected chi connectivity index (χ0v) is 20.5. The summed E-state index contributed by atoms with van der Waals surface area (Å²) in [6.45, 7) is 5.63. The second-order valence-corrected chi connectivity index (χ2v) is 9.92. The molecule has 1 aliphatic carbocycles. The quantitative estimate of drug-likeness (QED) is 0.440. The van der Waals surface area contributed by atoms with E-state index < -0.39 is 11.6 Å². The standard InChI is InChI=1S/C27H31N3O5/c1-27(2,3)35-24(31)14-17-6-5-7-21(17)29-26-28-15-19-12-16(8-10-22(19)30-26)20-13-18(25(32)33)9-11-23(20)34-4/h8-13,15,17,21H,5-7,14H2,1-4H3,(H,32,33)(H,28,29,30)/t17-,21-/m1/s1. The van der Waals surface area contributed by atoms with Crippen LogP contribution in [-0.4, -0.2) is 45.8 Å². The monoisotopic (exact) mass is 477 g/mol. The molecule has 0 bridgehead atoms. The van der Waals surface area contributed by atoms with E-state index in [1.807, 2.05) is 39.0 Å². The lowest BCUT2D eigenvalue weighted by molar-refractivity contribution is -0.156. The van der Waals surface area contributed by atoms with Crippen LogP contribution in [-0.2, 0) is 9.53 Å². The van der Waals surface area contributed by atoms with Crippen molar-refractivity contribution in [2.75, 3.05) is 12.4 Å². The molecule has 1 saturated carbocycles. The van der Waals surface area contributed by atoms with Gasteiger partial charge in [0.25, 0.3) is 0 Å². The number of rotatable bonds is 7. The molecule has 2 aromatic carbocycles. The summed E-state index contributed by atoms with van der Waals surface area (Å²) in [5, 5.41) is 13.6. The number of fused-ring (bicyclic) bond motifs is 1. The first-order valence-corrected chi connectivity index (χ1v) is 11.8. The van der Waals surface area contributed by atoms with Crippen molar-refractivity contribution < 1.29 is 24.2 Å². The van der Waals surface area contributed by atoms with Gasteiger partial charge in [0.05, 0.1) is 24.6 Å². The van der Waals surface area contributed by atoms with Gasteiger partial charge in [0, 0.05) is 23.2 Å². The van der Waals surface area contributed by atoms with Crippen molar-refractivity contribution in [2.45, 2.75) is 58.1 Å². The molecule has 4 rings (SSSR count). The van der Waals surface area contributed by atoms with Crippen molar-refractivity contribution in [3.8, 4) is 16.9 Å². The van der Waals surface area contributed by atoms with Crippen LogP contribution in [0.2, 0.25) is 0 Å². The zero-order chi connectivity index (χ0) is 25.2. The summed E-state index contributed by atoms with van der Waals surface area (Å²) >= 11 is 0. The number of hydrogen-bond donors (Lipinski definition) is 2. The molecule has 0 spiro atoms. The zero-order valence-electron chi connectivity index (χ0n) is 20.5. The fraction of sp³-hybridized carbons (Fsp3) is 0.407. The van der Waals surface area contributed by atoms with Crippen molar-refractivity contribution in [3.63, 3.8) is 0 Å². The van der Waals surface area contributed by atoms with E-state index in [0.717, 1.165) is 35.7 Å². The molecule has 0 aliphatic heterocycles. The Morgan fingerprint density at radius 1 is 1.14 bits per heavy atom. The third kappa shape index (κ3) is 5.88. The van der Waals surface area contributed by atoms with Gasteiger partial charge < -0.3 is 19.9 Å². The van der Waals surface area contributed by atoms with Gasteiger partial charge in [0.15, 0.2) is 0 Å². The Balaban J connectivity index is 1.52. The third-order valence-electron chi connectivity index (χ3n) is 6.16. The molecule has 3 aromatic rings. The maximum atomic E-state index is 12.3. The van der Waals surface area contributed by atoms with E-state index in [1.54, 1.807) is 25.4 Å². The molecule has 8 heteroatoms. The number of benzene rings is 2. The summed E-state index contributed by atoms with van der Waals surface area (Å²) in [6.07, 6.45) is 5.08. The summed E-state index contributed by atoms with van der Waals surface area (Å²) in [6, 6.07) is 10.6. The molecule has 0 radical (unpaired) electrons. The fourth-order valence-electron chi connectivity index (χ4n) is 4.57. The minimum absolute atomic E-state index is 0.113. The van der Waals surface area contributed by atoms with Gasteiger partial charge in [-0.25, -0.2) is 14.8 Å². The highest BCUT2D eigenvalue weighted by Gasteiger charge is 2.31. The predicted octanol–water partition coefficient (Wildman–Crippen LogP) is 5.32. The van der Waals surface area contributed by atoms with Crippen molar-refractivity contribution in [3.05, 3.63) is 48.2 Å². The molecule has 0 amide bonds. The van der Waals surface area contributed by atoms with Crippen LogP contribution in [0.3, 0.4) is 0 Å². The van der Waals surface area contributed by atoms with Crippen LogP contribution in [0.1, 0.15) is 56.8 Å². The maximum absolute atomic E-state index is 12.3. The lowest BCUT2D eigenvalue weighted by Gasteiger charge is -2.24. The van der Waals surface area contributed by atoms with E-state index in [9.17, 15) is 14.7 Å². The predicted molar refractivity (Wildman–Crippen MR) is 134 cm³/mol. The minimum Gasteiger partial charge on any atom is -0.496 e. The van der Waals surface area contributed by atoms with Crippen molar-refractivity contribution in [1.29, 1.82) is 0 Å². The normalized spacial score (nSPS) is 17.8. The average molecular weight is 478 g/mol. The second-order valence-electron chi connectivity index (χ2n) is 9.92. The third-order valence-corrected chi connectivity index (χ3v) is 6.16. The van der Waals surface area contributed by atoms with Crippen molar-refractivity contribution >= 4 is 28.8 Å². The Hall–Kier alpha value is -3.68. The summed E-state index contributed by atoms with van der Waals surface area (Å²) in [7, 11) is 1.56. The lowest BCUT2D eigenvalue weighted by Crippen LogP contribution is -2.30. The Labute approximate surface area is 204 Å². The van der Waals surface area contributed by atoms with Crippen LogP contribution in [0, 0.1) is 5.92 Å². The molecule has 0 unspecified atom stereocenters. The molecule has 35 heavy (non-hydrogen) atoms. The van der Waals surface area contributed by atoms with Crippen LogP contribution in [0.4, 0.5) is 5.95 Å². The van der Waals surface area contributed by atoms with Gasteiger partial charge in [-0.3, -0.25) is 4.79 Å². The van der Waals surface area contributed by atoms with Crippen LogP contribution >= 0.6 is 0 Å². The van der Waals surface area contributed by atoms with Crippen LogP contribution in [0.25, 0.3) is 22.0 Å². The second kappa shape index (κ2) is 9.90. The minimum atomic E-state index is -0.995. The van der Waals surface area contributed by atoms with E-state index in [2.05, 4.69) is 15.3 Å². The molecular weight excluding hydrogens is 446 g/mol. The number of carbonyl (C=O) groups is 2. The van der Waals surface area contributed by atoms with Gasteiger partial charge in [-0.05, 0) is 75.4 Å². The van der Waals surface area contributed by atoms with E-state index >= 15 is 0 Å². The average Bonchev–Trinajstić information content (AvgIpc) is 3.23. The van der Waals surface area contributed by atoms with Crippen LogP contribution in [0.15, 0.2) is 42.6 Å². The number of nitrogens with zero attached hydrogens (tertiary/aromatic N) is 2. The number of methoxy groups -OCH3 is 1. The maximum Gasteiger partial charge on any atom is 0.335 e. The molecule has 1 heterocycles. The number of aromatic carboxylic acids is 1. The molecule has 0 saturated heterocycles. The Kier molecular flexibility index (Phi) is 6.91. The fourth-order valence-corrected chi connectivity index (χ4v) is 4.57. The Morgan fingerprint density at radius 3 is 2.66 bits per heavy atom. The molecule has 184 valence electrons. The number of ether oxygens (including phenoxy) is 2. The van der Waals surface area contributed by atoms with Gasteiger partial charge >= 0.3 is 11.9 Å². The summed E-state index contributed by atoms with van der Waals surface area (Å²) in [5.41, 5.74) is 1.97. The number of esters is 1. The topological polar surface area (TPSA) is 111 Å². The highest BCUT2D eigenvalue weighted by atomic mass is 16.6. The number of anilines is 1. The first-order chi connectivity index (χ1) is 16.6. The largest absolute Gasteiger partial charge is 0.496 e. The lowest BCUT2D eigenvalue weighted by atomic mass is 9.99. The number of carbonyl (C=O) groups excluding carboxylic acids is 1.